The average molecular weight is 241 g/mol. The highest BCUT2D eigenvalue weighted by molar-refractivity contribution is 5.92. The van der Waals surface area contributed by atoms with Gasteiger partial charge < -0.3 is 20.1 Å². The molecular weight excluding hydrogens is 230 g/mol. The molecule has 1 rings (SSSR count). The minimum absolute atomic E-state index is 0.0262. The van der Waals surface area contributed by atoms with E-state index < -0.39 is 23.5 Å². The Kier molecular flexibility index (Phi) is 4.35. The van der Waals surface area contributed by atoms with Gasteiger partial charge in [0, 0.05) is 6.20 Å². The smallest absolute Gasteiger partial charge is 0.336 e. The molecule has 0 aliphatic heterocycles. The summed E-state index contributed by atoms with van der Waals surface area (Å²) in [6, 6.07) is 0. The van der Waals surface area contributed by atoms with Crippen molar-refractivity contribution in [2.45, 2.75) is 6.10 Å². The number of aliphatic hydroxyl groups excluding tert-OH is 1. The van der Waals surface area contributed by atoms with E-state index in [-0.39, 0.29) is 12.2 Å². The van der Waals surface area contributed by atoms with E-state index in [1.54, 1.807) is 0 Å². The molecule has 1 unspecified atom stereocenters. The van der Waals surface area contributed by atoms with Crippen molar-refractivity contribution in [3.05, 3.63) is 28.4 Å². The highest BCUT2D eigenvalue weighted by Gasteiger charge is 2.17. The van der Waals surface area contributed by atoms with E-state index in [0.717, 1.165) is 19.5 Å². The summed E-state index contributed by atoms with van der Waals surface area (Å²) in [6.45, 7) is -0.299. The summed E-state index contributed by atoms with van der Waals surface area (Å²) in [5.41, 5.74) is -0.460. The number of esters is 1. The number of hydrogen-bond donors (Lipinski definition) is 3. The Morgan fingerprint density at radius 1 is 1.65 bits per heavy atom. The Bertz CT molecular complexity index is 449. The fourth-order valence-corrected chi connectivity index (χ4v) is 0.966. The Morgan fingerprint density at radius 2 is 2.35 bits per heavy atom. The van der Waals surface area contributed by atoms with Crippen molar-refractivity contribution in [1.29, 1.82) is 0 Å². The molecule has 1 aromatic rings. The molecule has 92 valence electrons. The molecule has 1 heterocycles. The SMILES string of the molecule is COC(=O)C(O)CNC(=O)c1c[nH]c(=O)cn1. The van der Waals surface area contributed by atoms with Crippen LogP contribution in [-0.2, 0) is 9.53 Å². The second-order valence-electron chi connectivity index (χ2n) is 3.05. The maximum Gasteiger partial charge on any atom is 0.336 e. The first-order valence-electron chi connectivity index (χ1n) is 4.63. The number of aliphatic hydroxyl groups is 1. The van der Waals surface area contributed by atoms with Crippen molar-refractivity contribution < 1.29 is 19.4 Å². The quantitative estimate of drug-likeness (QED) is 0.526. The summed E-state index contributed by atoms with van der Waals surface area (Å²) in [5.74, 6) is -1.47. The van der Waals surface area contributed by atoms with Gasteiger partial charge in [0.2, 0.25) is 0 Å². The summed E-state index contributed by atoms with van der Waals surface area (Å²) in [5, 5.41) is 11.4. The van der Waals surface area contributed by atoms with Gasteiger partial charge in [-0.15, -0.1) is 0 Å². The molecule has 0 bridgehead atoms. The third-order valence-electron chi connectivity index (χ3n) is 1.83. The molecule has 0 spiro atoms. The summed E-state index contributed by atoms with van der Waals surface area (Å²) >= 11 is 0. The maximum atomic E-state index is 11.4. The standard InChI is InChI=1S/C9H11N3O5/c1-17-9(16)6(13)3-12-8(15)5-2-11-7(14)4-10-5/h2,4,6,13H,3H2,1H3,(H,11,14)(H,12,15). The second-order valence-corrected chi connectivity index (χ2v) is 3.05. The molecule has 8 heteroatoms. The zero-order chi connectivity index (χ0) is 12.8. The van der Waals surface area contributed by atoms with Gasteiger partial charge in [0.1, 0.15) is 5.69 Å². The molecule has 1 amide bonds. The lowest BCUT2D eigenvalue weighted by molar-refractivity contribution is -0.149. The molecular formula is C9H11N3O5. The highest BCUT2D eigenvalue weighted by Crippen LogP contribution is 1.90. The number of hydrogen-bond acceptors (Lipinski definition) is 6. The van der Waals surface area contributed by atoms with Crippen LogP contribution in [0.2, 0.25) is 0 Å². The van der Waals surface area contributed by atoms with Crippen LogP contribution in [0.4, 0.5) is 0 Å². The number of ether oxygens (including phenoxy) is 1. The van der Waals surface area contributed by atoms with Crippen LogP contribution in [0.15, 0.2) is 17.2 Å². The van der Waals surface area contributed by atoms with Crippen molar-refractivity contribution in [3.63, 3.8) is 0 Å². The Balaban J connectivity index is 2.53. The molecule has 3 N–H and O–H groups in total. The highest BCUT2D eigenvalue weighted by atomic mass is 16.5. The van der Waals surface area contributed by atoms with Crippen LogP contribution in [0.25, 0.3) is 0 Å². The van der Waals surface area contributed by atoms with Crippen LogP contribution in [0.1, 0.15) is 10.5 Å². The molecule has 1 atom stereocenters. The van der Waals surface area contributed by atoms with Gasteiger partial charge in [-0.2, -0.15) is 0 Å². The average Bonchev–Trinajstić information content (AvgIpc) is 2.35. The van der Waals surface area contributed by atoms with Gasteiger partial charge in [0.25, 0.3) is 11.5 Å². The first kappa shape index (κ1) is 12.8. The van der Waals surface area contributed by atoms with Crippen molar-refractivity contribution in [2.24, 2.45) is 0 Å². The van der Waals surface area contributed by atoms with Crippen LogP contribution in [0.5, 0.6) is 0 Å². The molecule has 1 aromatic heterocycles. The molecule has 0 radical (unpaired) electrons. The number of nitrogens with one attached hydrogen (secondary N) is 2. The fourth-order valence-electron chi connectivity index (χ4n) is 0.966. The Morgan fingerprint density at radius 3 is 2.88 bits per heavy atom. The number of aromatic amines is 1. The summed E-state index contributed by atoms with van der Waals surface area (Å²) in [6.07, 6.45) is 0.639. The molecule has 0 saturated heterocycles. The van der Waals surface area contributed by atoms with Gasteiger partial charge in [0.15, 0.2) is 6.10 Å². The normalized spacial score (nSPS) is 11.6. The predicted octanol–water partition coefficient (Wildman–Crippen LogP) is -1.97. The van der Waals surface area contributed by atoms with Gasteiger partial charge >= 0.3 is 5.97 Å². The monoisotopic (exact) mass is 241 g/mol. The lowest BCUT2D eigenvalue weighted by Crippen LogP contribution is -2.37. The molecule has 8 nitrogen and oxygen atoms in total. The summed E-state index contributed by atoms with van der Waals surface area (Å²) < 4.78 is 4.26. The van der Waals surface area contributed by atoms with Gasteiger partial charge in [-0.3, -0.25) is 9.59 Å². The van der Waals surface area contributed by atoms with E-state index in [2.05, 4.69) is 20.0 Å². The minimum Gasteiger partial charge on any atom is -0.467 e. The number of nitrogens with zero attached hydrogens (tertiary/aromatic N) is 1. The first-order chi connectivity index (χ1) is 8.04. The van der Waals surface area contributed by atoms with Crippen LogP contribution in [0, 0.1) is 0 Å². The lowest BCUT2D eigenvalue weighted by Gasteiger charge is -2.08. The Hall–Kier alpha value is -2.22. The van der Waals surface area contributed by atoms with Crippen molar-refractivity contribution in [1.82, 2.24) is 15.3 Å². The van der Waals surface area contributed by atoms with Crippen molar-refractivity contribution in [2.75, 3.05) is 13.7 Å². The molecule has 0 saturated carbocycles. The zero-order valence-electron chi connectivity index (χ0n) is 8.97. The topological polar surface area (TPSA) is 121 Å². The number of H-pyrrole nitrogens is 1. The van der Waals surface area contributed by atoms with Crippen LogP contribution in [-0.4, -0.2) is 46.7 Å². The largest absolute Gasteiger partial charge is 0.467 e. The third kappa shape index (κ3) is 3.68. The second kappa shape index (κ2) is 5.75. The van der Waals surface area contributed by atoms with Gasteiger partial charge in [0.05, 0.1) is 19.9 Å². The third-order valence-corrected chi connectivity index (χ3v) is 1.83. The maximum absolute atomic E-state index is 11.4. The van der Waals surface area contributed by atoms with E-state index in [4.69, 9.17) is 0 Å². The van der Waals surface area contributed by atoms with E-state index >= 15 is 0 Å². The van der Waals surface area contributed by atoms with E-state index in [0.29, 0.717) is 0 Å². The number of amides is 1. The molecule has 0 aliphatic carbocycles. The van der Waals surface area contributed by atoms with E-state index in [9.17, 15) is 19.5 Å². The molecule has 0 aliphatic rings. The Labute approximate surface area is 95.6 Å². The van der Waals surface area contributed by atoms with Gasteiger partial charge in [-0.1, -0.05) is 0 Å². The molecule has 0 fully saturated rings. The zero-order valence-corrected chi connectivity index (χ0v) is 8.97. The summed E-state index contributed by atoms with van der Waals surface area (Å²) in [7, 11) is 1.12. The fraction of sp³-hybridized carbons (Fsp3) is 0.333. The number of methoxy groups -OCH3 is 1. The summed E-state index contributed by atoms with van der Waals surface area (Å²) in [4.78, 5) is 38.8. The first-order valence-corrected chi connectivity index (χ1v) is 4.63. The van der Waals surface area contributed by atoms with Crippen molar-refractivity contribution >= 4 is 11.9 Å². The number of carbonyl (C=O) groups excluding carboxylic acids is 2. The van der Waals surface area contributed by atoms with E-state index in [1.807, 2.05) is 0 Å². The molecule has 0 aromatic carbocycles. The lowest BCUT2D eigenvalue weighted by atomic mass is 10.3. The van der Waals surface area contributed by atoms with Gasteiger partial charge in [-0.05, 0) is 0 Å². The van der Waals surface area contributed by atoms with Crippen LogP contribution in [0.3, 0.4) is 0 Å². The molecule has 17 heavy (non-hydrogen) atoms. The number of carbonyl (C=O) groups is 2. The number of aromatic nitrogens is 2. The van der Waals surface area contributed by atoms with Crippen LogP contribution >= 0.6 is 0 Å². The van der Waals surface area contributed by atoms with Crippen LogP contribution < -0.4 is 10.9 Å². The minimum atomic E-state index is -1.44. The van der Waals surface area contributed by atoms with Crippen molar-refractivity contribution in [3.8, 4) is 0 Å². The van der Waals surface area contributed by atoms with Gasteiger partial charge in [-0.25, -0.2) is 9.78 Å². The van der Waals surface area contributed by atoms with E-state index in [1.165, 1.54) is 0 Å². The number of rotatable bonds is 4. The predicted molar refractivity (Wildman–Crippen MR) is 55.2 cm³/mol.